The van der Waals surface area contributed by atoms with Crippen LogP contribution in [0.25, 0.3) is 0 Å². The van der Waals surface area contributed by atoms with Crippen LogP contribution in [0.2, 0.25) is 0 Å². The number of amides is 1. The quantitative estimate of drug-likeness (QED) is 0.811. The standard InChI is InChI=1S/C15H26ClNO2/c1-9-10(2)19-11(3)14(9)15(18)17-13-7-5-4-6-12(13)8-16/h9-14H,4-8H2,1-3H3,(H,17,18). The molecule has 6 unspecified atom stereocenters. The normalized spacial score (nSPS) is 43.2. The Hall–Kier alpha value is -0.280. The minimum absolute atomic E-state index is 0.0167. The van der Waals surface area contributed by atoms with Gasteiger partial charge in [-0.1, -0.05) is 19.8 Å². The van der Waals surface area contributed by atoms with Gasteiger partial charge in [0.05, 0.1) is 18.1 Å². The first kappa shape index (κ1) is 15.1. The molecule has 3 nitrogen and oxygen atoms in total. The van der Waals surface area contributed by atoms with Crippen molar-refractivity contribution >= 4 is 17.5 Å². The minimum atomic E-state index is -0.0205. The summed E-state index contributed by atoms with van der Waals surface area (Å²) in [6.07, 6.45) is 4.82. The average molecular weight is 288 g/mol. The van der Waals surface area contributed by atoms with Crippen LogP contribution in [0.15, 0.2) is 0 Å². The van der Waals surface area contributed by atoms with Crippen molar-refractivity contribution in [2.45, 2.75) is 64.7 Å². The van der Waals surface area contributed by atoms with E-state index in [0.717, 1.165) is 12.8 Å². The van der Waals surface area contributed by atoms with Gasteiger partial charge >= 0.3 is 0 Å². The van der Waals surface area contributed by atoms with Gasteiger partial charge in [0.2, 0.25) is 5.91 Å². The van der Waals surface area contributed by atoms with Crippen LogP contribution in [0, 0.1) is 17.8 Å². The highest BCUT2D eigenvalue weighted by Gasteiger charge is 2.42. The molecule has 1 saturated carbocycles. The second kappa shape index (κ2) is 6.45. The highest BCUT2D eigenvalue weighted by molar-refractivity contribution is 6.18. The first-order valence-corrected chi connectivity index (χ1v) is 8.09. The van der Waals surface area contributed by atoms with E-state index in [0.29, 0.717) is 11.8 Å². The Labute approximate surface area is 121 Å². The average Bonchev–Trinajstić information content (AvgIpc) is 2.64. The lowest BCUT2D eigenvalue weighted by Crippen LogP contribution is -2.47. The Morgan fingerprint density at radius 2 is 1.89 bits per heavy atom. The fourth-order valence-corrected chi connectivity index (χ4v) is 3.95. The molecule has 4 heteroatoms. The number of hydrogen-bond acceptors (Lipinski definition) is 2. The maximum Gasteiger partial charge on any atom is 0.226 e. The molecule has 0 aromatic carbocycles. The highest BCUT2D eigenvalue weighted by atomic mass is 35.5. The lowest BCUT2D eigenvalue weighted by atomic mass is 9.84. The molecule has 0 aromatic heterocycles. The van der Waals surface area contributed by atoms with Crippen molar-refractivity contribution in [2.75, 3.05) is 5.88 Å². The van der Waals surface area contributed by atoms with Crippen molar-refractivity contribution < 1.29 is 9.53 Å². The van der Waals surface area contributed by atoms with Gasteiger partial charge in [-0.2, -0.15) is 0 Å². The predicted molar refractivity (Wildman–Crippen MR) is 77.3 cm³/mol. The molecule has 1 heterocycles. The molecule has 110 valence electrons. The van der Waals surface area contributed by atoms with Gasteiger partial charge in [-0.3, -0.25) is 4.79 Å². The van der Waals surface area contributed by atoms with Crippen LogP contribution in [-0.2, 0) is 9.53 Å². The summed E-state index contributed by atoms with van der Waals surface area (Å²) in [6.45, 7) is 6.17. The molecule has 0 aromatic rings. The summed E-state index contributed by atoms with van der Waals surface area (Å²) in [6, 6.07) is 0.258. The van der Waals surface area contributed by atoms with Gasteiger partial charge in [0.1, 0.15) is 0 Å². The van der Waals surface area contributed by atoms with E-state index < -0.39 is 0 Å². The van der Waals surface area contributed by atoms with Crippen molar-refractivity contribution in [3.8, 4) is 0 Å². The summed E-state index contributed by atoms with van der Waals surface area (Å²) in [4.78, 5) is 12.5. The number of alkyl halides is 1. The van der Waals surface area contributed by atoms with Gasteiger partial charge < -0.3 is 10.1 Å². The summed E-state index contributed by atoms with van der Waals surface area (Å²) in [7, 11) is 0. The number of ether oxygens (including phenoxy) is 1. The van der Waals surface area contributed by atoms with Gasteiger partial charge in [-0.25, -0.2) is 0 Å². The zero-order valence-corrected chi connectivity index (χ0v) is 13.0. The van der Waals surface area contributed by atoms with Crippen LogP contribution in [0.1, 0.15) is 46.5 Å². The third-order valence-corrected chi connectivity index (χ3v) is 5.38. The lowest BCUT2D eigenvalue weighted by molar-refractivity contribution is -0.128. The summed E-state index contributed by atoms with van der Waals surface area (Å²) >= 11 is 6.02. The zero-order chi connectivity index (χ0) is 14.0. The largest absolute Gasteiger partial charge is 0.374 e. The number of carbonyl (C=O) groups is 1. The Morgan fingerprint density at radius 1 is 1.21 bits per heavy atom. The van der Waals surface area contributed by atoms with E-state index in [1.165, 1.54) is 12.8 Å². The molecule has 0 spiro atoms. The van der Waals surface area contributed by atoms with E-state index in [1.807, 2.05) is 6.92 Å². The monoisotopic (exact) mass is 287 g/mol. The fourth-order valence-electron chi connectivity index (χ4n) is 3.58. The first-order chi connectivity index (χ1) is 9.04. The number of nitrogens with one attached hydrogen (secondary N) is 1. The molecular weight excluding hydrogens is 262 g/mol. The summed E-state index contributed by atoms with van der Waals surface area (Å²) in [5, 5.41) is 3.24. The Balaban J connectivity index is 1.96. The summed E-state index contributed by atoms with van der Waals surface area (Å²) in [5.41, 5.74) is 0. The second-order valence-electron chi connectivity index (χ2n) is 6.25. The van der Waals surface area contributed by atoms with Gasteiger partial charge in [0.15, 0.2) is 0 Å². The Kier molecular flexibility index (Phi) is 5.13. The molecule has 2 fully saturated rings. The Bertz CT molecular complexity index is 323. The van der Waals surface area contributed by atoms with Gasteiger partial charge in [0, 0.05) is 11.9 Å². The third-order valence-electron chi connectivity index (χ3n) is 4.98. The second-order valence-corrected chi connectivity index (χ2v) is 6.55. The third kappa shape index (κ3) is 3.25. The van der Waals surface area contributed by atoms with Gasteiger partial charge in [-0.05, 0) is 38.5 Å². The van der Waals surface area contributed by atoms with E-state index >= 15 is 0 Å². The Morgan fingerprint density at radius 3 is 2.47 bits per heavy atom. The zero-order valence-electron chi connectivity index (χ0n) is 12.2. The minimum Gasteiger partial charge on any atom is -0.374 e. The predicted octanol–water partition coefficient (Wildman–Crippen LogP) is 2.96. The molecular formula is C15H26ClNO2. The van der Waals surface area contributed by atoms with E-state index in [1.54, 1.807) is 0 Å². The molecule has 1 amide bonds. The number of rotatable bonds is 3. The molecule has 1 aliphatic carbocycles. The van der Waals surface area contributed by atoms with Gasteiger partial charge in [0.25, 0.3) is 0 Å². The van der Waals surface area contributed by atoms with Crippen LogP contribution in [0.4, 0.5) is 0 Å². The van der Waals surface area contributed by atoms with E-state index in [2.05, 4.69) is 19.2 Å². The van der Waals surface area contributed by atoms with E-state index in [9.17, 15) is 4.79 Å². The van der Waals surface area contributed by atoms with Crippen LogP contribution >= 0.6 is 11.6 Å². The molecule has 0 radical (unpaired) electrons. The molecule has 2 rings (SSSR count). The number of carbonyl (C=O) groups excluding carboxylic acids is 1. The maximum atomic E-state index is 12.5. The molecule has 1 aliphatic heterocycles. The van der Waals surface area contributed by atoms with Crippen LogP contribution < -0.4 is 5.32 Å². The first-order valence-electron chi connectivity index (χ1n) is 7.56. The molecule has 1 saturated heterocycles. The highest BCUT2D eigenvalue weighted by Crippen LogP contribution is 2.33. The van der Waals surface area contributed by atoms with Gasteiger partial charge in [-0.15, -0.1) is 11.6 Å². The molecule has 19 heavy (non-hydrogen) atoms. The van der Waals surface area contributed by atoms with Crippen LogP contribution in [0.5, 0.6) is 0 Å². The lowest BCUT2D eigenvalue weighted by Gasteiger charge is -2.32. The summed E-state index contributed by atoms with van der Waals surface area (Å²) < 4.78 is 5.76. The molecule has 0 bridgehead atoms. The van der Waals surface area contributed by atoms with Crippen molar-refractivity contribution in [2.24, 2.45) is 17.8 Å². The van der Waals surface area contributed by atoms with Crippen LogP contribution in [0.3, 0.4) is 0 Å². The smallest absolute Gasteiger partial charge is 0.226 e. The summed E-state index contributed by atoms with van der Waals surface area (Å²) in [5.74, 6) is 1.50. The van der Waals surface area contributed by atoms with Crippen molar-refractivity contribution in [3.63, 3.8) is 0 Å². The molecule has 6 atom stereocenters. The maximum absolute atomic E-state index is 12.5. The SMILES string of the molecule is CC1OC(C)C(C(=O)NC2CCCCC2CCl)C1C. The van der Waals surface area contributed by atoms with Crippen molar-refractivity contribution in [3.05, 3.63) is 0 Å². The topological polar surface area (TPSA) is 38.3 Å². The molecule has 1 N–H and O–H groups in total. The molecule has 2 aliphatic rings. The van der Waals surface area contributed by atoms with Crippen LogP contribution in [-0.4, -0.2) is 30.0 Å². The van der Waals surface area contributed by atoms with E-state index in [-0.39, 0.29) is 36.0 Å². The fraction of sp³-hybridized carbons (Fsp3) is 0.933. The number of halogens is 1. The van der Waals surface area contributed by atoms with Crippen molar-refractivity contribution in [1.82, 2.24) is 5.32 Å². The van der Waals surface area contributed by atoms with E-state index in [4.69, 9.17) is 16.3 Å². The van der Waals surface area contributed by atoms with Crippen molar-refractivity contribution in [1.29, 1.82) is 0 Å². The number of hydrogen-bond donors (Lipinski definition) is 1.